The van der Waals surface area contributed by atoms with Crippen molar-refractivity contribution in [2.45, 2.75) is 446 Å². The molecule has 0 aromatic carbocycles. The Labute approximate surface area is 902 Å². The summed E-state index contributed by atoms with van der Waals surface area (Å²) in [6, 6.07) is 0. The minimum absolute atomic E-state index is 0.00567. The normalized spacial score (nSPS) is 20.2. The predicted octanol–water partition coefficient (Wildman–Crippen LogP) is 27.1. The zero-order valence-corrected chi connectivity index (χ0v) is 101. The largest absolute Gasteiger partial charge is 0.467 e. The molecule has 28 heteroatoms. The Hall–Kier alpha value is -4.27. The summed E-state index contributed by atoms with van der Waals surface area (Å²) in [6.07, 6.45) is 53.5. The Balaban J connectivity index is -0.000000292. The molecule has 0 heterocycles. The van der Waals surface area contributed by atoms with E-state index in [1.807, 2.05) is 34.6 Å². The highest BCUT2D eigenvalue weighted by atomic mass is 16.6. The minimum atomic E-state index is -0.327. The van der Waals surface area contributed by atoms with Gasteiger partial charge in [0, 0.05) is 121 Å². The van der Waals surface area contributed by atoms with Gasteiger partial charge in [-0.1, -0.05) is 209 Å². The van der Waals surface area contributed by atoms with E-state index in [-0.39, 0.29) is 99.7 Å². The third-order valence-electron chi connectivity index (χ3n) is 26.3. The number of esters is 7. The molecule has 0 aromatic rings. The maximum Gasteiger partial charge on any atom is 0.332 e. The molecule has 9 rings (SSSR count). The topological polar surface area (TPSA) is 313 Å². The number of unbranched alkanes of at least 4 members (excludes halogenated alkanes) is 9. The molecule has 8 bridgehead atoms. The molecule has 0 amide bonds. The number of carbonyl (C=O) groups is 7. The first-order valence-electron chi connectivity index (χ1n) is 58.0. The number of rotatable bonds is 64. The van der Waals surface area contributed by atoms with Crippen LogP contribution in [0.4, 0.5) is 0 Å². The van der Waals surface area contributed by atoms with Crippen LogP contribution in [0.15, 0.2) is 0 Å². The molecule has 147 heavy (non-hydrogen) atoms. The average molecular weight is 2120 g/mol. The lowest BCUT2D eigenvalue weighted by molar-refractivity contribution is -0.201. The lowest BCUT2D eigenvalue weighted by atomic mass is 9.47. The van der Waals surface area contributed by atoms with Crippen LogP contribution >= 0.6 is 0 Å². The van der Waals surface area contributed by atoms with Crippen molar-refractivity contribution in [2.75, 3.05) is 216 Å². The molecule has 0 aromatic heterocycles. The van der Waals surface area contributed by atoms with E-state index in [1.165, 1.54) is 247 Å². The van der Waals surface area contributed by atoms with Crippen LogP contribution in [0.1, 0.15) is 428 Å². The molecule has 0 aliphatic heterocycles. The van der Waals surface area contributed by atoms with Crippen molar-refractivity contribution in [3.05, 3.63) is 0 Å². The zero-order chi connectivity index (χ0) is 112. The van der Waals surface area contributed by atoms with Crippen molar-refractivity contribution in [1.29, 1.82) is 0 Å². The monoisotopic (exact) mass is 2120 g/mol. The van der Waals surface area contributed by atoms with E-state index in [0.717, 1.165) is 159 Å². The van der Waals surface area contributed by atoms with Crippen LogP contribution in [0.3, 0.4) is 0 Å². The molecule has 28 nitrogen and oxygen atoms in total. The van der Waals surface area contributed by atoms with E-state index in [4.69, 9.17) is 75.8 Å². The predicted molar refractivity (Wildman–Crippen MR) is 598 cm³/mol. The molecule has 9 aliphatic carbocycles. The highest BCUT2D eigenvalue weighted by molar-refractivity contribution is 5.72. The van der Waals surface area contributed by atoms with Crippen LogP contribution in [0.2, 0.25) is 0 Å². The van der Waals surface area contributed by atoms with E-state index >= 15 is 0 Å². The van der Waals surface area contributed by atoms with E-state index in [2.05, 4.69) is 141 Å². The van der Waals surface area contributed by atoms with E-state index in [1.54, 1.807) is 35.5 Å². The maximum atomic E-state index is 11.3. The highest BCUT2D eigenvalue weighted by Gasteiger charge is 2.58. The smallest absolute Gasteiger partial charge is 0.332 e. The quantitative estimate of drug-likeness (QED) is 0.0310. The van der Waals surface area contributed by atoms with Gasteiger partial charge in [-0.15, -0.1) is 0 Å². The van der Waals surface area contributed by atoms with E-state index < -0.39 is 0 Å². The van der Waals surface area contributed by atoms with Crippen LogP contribution in [0.5, 0.6) is 0 Å². The van der Waals surface area contributed by atoms with Gasteiger partial charge in [0.15, 0.2) is 0 Å². The lowest BCUT2D eigenvalue weighted by Crippen LogP contribution is -2.57. The summed E-state index contributed by atoms with van der Waals surface area (Å²) in [7, 11) is 15.6. The Bertz CT molecular complexity index is 2740. The zero-order valence-electron chi connectivity index (χ0n) is 101. The van der Waals surface area contributed by atoms with Crippen LogP contribution in [-0.4, -0.2) is 276 Å². The molecule has 0 spiro atoms. The number of ether oxygens (including phenoxy) is 21. The van der Waals surface area contributed by atoms with Crippen LogP contribution in [-0.2, 0) is 133 Å². The van der Waals surface area contributed by atoms with E-state index in [0.29, 0.717) is 80.2 Å². The fourth-order valence-electron chi connectivity index (χ4n) is 18.6. The summed E-state index contributed by atoms with van der Waals surface area (Å²) < 4.78 is 104. The van der Waals surface area contributed by atoms with Gasteiger partial charge in [-0.3, -0.25) is 0 Å². The molecule has 4 atom stereocenters. The minimum Gasteiger partial charge on any atom is -0.467 e. The Morgan fingerprint density at radius 1 is 0.272 bits per heavy atom. The maximum absolute atomic E-state index is 11.3. The van der Waals surface area contributed by atoms with Gasteiger partial charge >= 0.3 is 41.8 Å². The van der Waals surface area contributed by atoms with Crippen LogP contribution in [0.25, 0.3) is 0 Å². The molecule has 0 saturated heterocycles. The van der Waals surface area contributed by atoms with Crippen molar-refractivity contribution in [2.24, 2.45) is 70.0 Å². The SMILES string of the molecule is CCC12CC3CC(C1)C(OCC(=O)OC)C(C3)C2.CCC12CC3CC(C1)CC(OCC(=O)OC)(C3)C2.CCC1CCC(OCC(=O)OC)CC1.CCCCCCCOC.CCCCCOC.CCCCCOCCCC(C)C.CCCCOC.CCCOC.CCCOCC(=O)OC.CCCOCC(=O)OCCCC(C)C.CCCOCCCC(C)C.CCOC.CCOCC(=O)OC.CCOCC(=O)OCCCC(C)C. The molecular formula is C119H238O28. The summed E-state index contributed by atoms with van der Waals surface area (Å²) in [5, 5.41) is 0. The third kappa shape index (κ3) is 102. The highest BCUT2D eigenvalue weighted by Crippen LogP contribution is 2.64. The summed E-state index contributed by atoms with van der Waals surface area (Å²) in [5.41, 5.74) is 1.12. The fourth-order valence-corrected chi connectivity index (χ4v) is 18.6. The average Bonchev–Trinajstić information content (AvgIpc) is 0.672. The van der Waals surface area contributed by atoms with Gasteiger partial charge in [0.2, 0.25) is 0 Å². The second kappa shape index (κ2) is 114. The summed E-state index contributed by atoms with van der Waals surface area (Å²) in [6.45, 7) is 59.6. The van der Waals surface area contributed by atoms with Gasteiger partial charge in [0.1, 0.15) is 46.2 Å². The standard InChI is InChI=1S/2C15H24O3.C11H20O3.C11H22O3.C11H24O.C10H20O3.C9H20O.C8H18O.C6H12O3.C6H14O.C5H10O3.C5H12O.C4H10O.C3H8O/c1-3-14-5-11-4-12(6-14)8-15(7-11,10-14)18-9-13(16)17-2;1-3-15-6-10-4-11(7-15)14(12(5-10)8-15)18-9-13(16)17-2;1-3-9-4-6-10(7-5-9)14-8-11(12)13-2;1-4-7-13-9-11(12)14-8-5-6-10(2)3;1-4-5-6-9-12-10-7-8-11(2)3;1-4-12-8-10(11)13-7-5-6-9(2)3;1-4-7-10-8-5-6-9(2)3;1-3-4-5-6-7-8-9-2;1-3-4-9-5-6(7)8-2;1-3-4-5-6-7-2;1-3-8-4-5(6)7-2;1-3-4-5-6-2;1-3-4-5-2;1-3-4-2/h11-12H,3-10H2,1-2H3;10-12,14H,3-9H2,1-2H3;9-10H,3-8H2,1-2H3;10H,4-9H2,1-3H3;11H,4-10H2,1-3H3;9H,4-8H2,1-3H3;9H,4-8H2,1-3H3;3-8H2,1-2H3;3-5H2,1-2H3;3-6H2,1-2H3;3-4H2,1-2H3;3-5H2,1-2H3;3-4H2,1-2H3;3H2,1-2H3. The molecule has 9 aliphatic rings. The number of hydrogen-bond acceptors (Lipinski definition) is 28. The van der Waals surface area contributed by atoms with Gasteiger partial charge in [0.25, 0.3) is 0 Å². The summed E-state index contributed by atoms with van der Waals surface area (Å²) >= 11 is 0. The van der Waals surface area contributed by atoms with Crippen molar-refractivity contribution in [1.82, 2.24) is 0 Å². The Kier molecular flexibility index (Phi) is 121. The van der Waals surface area contributed by atoms with Gasteiger partial charge in [0.05, 0.1) is 66.6 Å². The fraction of sp³-hybridized carbons (Fsp3) is 0.941. The second-order valence-corrected chi connectivity index (χ2v) is 41.5. The number of carbonyl (C=O) groups excluding carboxylic acids is 7. The second-order valence-electron chi connectivity index (χ2n) is 41.5. The number of methoxy groups -OCH3 is 10. The molecule has 4 unspecified atom stereocenters. The first-order chi connectivity index (χ1) is 70.6. The molecule has 9 saturated carbocycles. The molecule has 882 valence electrons. The molecule has 0 N–H and O–H groups in total. The molecule has 9 fully saturated rings. The Morgan fingerprint density at radius 2 is 0.605 bits per heavy atom. The summed E-state index contributed by atoms with van der Waals surface area (Å²) in [4.78, 5) is 75.8. The first kappa shape index (κ1) is 156. The van der Waals surface area contributed by atoms with Gasteiger partial charge in [-0.25, -0.2) is 33.6 Å². The number of hydrogen-bond donors (Lipinski definition) is 0. The van der Waals surface area contributed by atoms with E-state index in [9.17, 15) is 33.6 Å². The van der Waals surface area contributed by atoms with Crippen molar-refractivity contribution in [3.63, 3.8) is 0 Å². The molecule has 0 radical (unpaired) electrons. The van der Waals surface area contributed by atoms with Gasteiger partial charge in [-0.05, 0) is 290 Å². The van der Waals surface area contributed by atoms with Gasteiger partial charge < -0.3 is 99.5 Å². The van der Waals surface area contributed by atoms with Gasteiger partial charge in [-0.2, -0.15) is 0 Å². The first-order valence-corrected chi connectivity index (χ1v) is 58.0. The van der Waals surface area contributed by atoms with Crippen molar-refractivity contribution < 1.29 is 133 Å². The Morgan fingerprint density at radius 3 is 0.973 bits per heavy atom. The van der Waals surface area contributed by atoms with Crippen molar-refractivity contribution in [3.8, 4) is 0 Å². The molecular weight excluding hydrogens is 1880 g/mol. The van der Waals surface area contributed by atoms with Crippen molar-refractivity contribution >= 4 is 41.8 Å². The third-order valence-corrected chi connectivity index (χ3v) is 26.3. The van der Waals surface area contributed by atoms with Crippen LogP contribution < -0.4 is 0 Å². The van der Waals surface area contributed by atoms with Crippen LogP contribution in [0, 0.1) is 70.0 Å². The summed E-state index contributed by atoms with van der Waals surface area (Å²) in [5.74, 6) is 5.95. The lowest BCUT2D eigenvalue weighted by Gasteiger charge is -2.61.